The molecule has 2 aromatic carbocycles. The predicted octanol–water partition coefficient (Wildman–Crippen LogP) is 6.42. The second-order valence-electron chi connectivity index (χ2n) is 9.11. The number of hydrogen-bond donors (Lipinski definition) is 1. The molecule has 1 fully saturated rings. The summed E-state index contributed by atoms with van der Waals surface area (Å²) in [6, 6.07) is 7.83. The third-order valence-electron chi connectivity index (χ3n) is 6.40. The van der Waals surface area contributed by atoms with Gasteiger partial charge in [-0.3, -0.25) is 9.69 Å². The highest BCUT2D eigenvalue weighted by molar-refractivity contribution is 5.93. The van der Waals surface area contributed by atoms with Crippen molar-refractivity contribution >= 4 is 17.7 Å². The van der Waals surface area contributed by atoms with Crippen LogP contribution in [0.15, 0.2) is 30.3 Å². The fraction of sp³-hybridized carbons (Fsp3) is 0.440. The van der Waals surface area contributed by atoms with E-state index in [1.54, 1.807) is 26.0 Å². The number of alkyl halides is 3. The van der Waals surface area contributed by atoms with Crippen LogP contribution in [0, 0.1) is 18.8 Å². The molecule has 1 aliphatic carbocycles. The minimum atomic E-state index is -4.90. The molecule has 2 aliphatic rings. The van der Waals surface area contributed by atoms with E-state index in [1.165, 1.54) is 17.0 Å². The SMILES string of the molecule is CCN1C(=O)OC(C(C)C)c2cc(C)c(-c3cc(C4C[C@H]4C(=O)O)ccc3OC(F)(F)F)cc21. The molecule has 2 aromatic rings. The van der Waals surface area contributed by atoms with Crippen LogP contribution in [0.25, 0.3) is 11.1 Å². The first-order valence-electron chi connectivity index (χ1n) is 11.2. The smallest absolute Gasteiger partial charge is 0.481 e. The van der Waals surface area contributed by atoms with Gasteiger partial charge in [-0.2, -0.15) is 0 Å². The Balaban J connectivity index is 1.88. The Morgan fingerprint density at radius 1 is 1.24 bits per heavy atom. The number of nitrogens with zero attached hydrogens (tertiary/aromatic N) is 1. The summed E-state index contributed by atoms with van der Waals surface area (Å²) in [6.07, 6.45) is -5.45. The van der Waals surface area contributed by atoms with E-state index < -0.39 is 30.4 Å². The molecule has 1 N–H and O–H groups in total. The molecule has 0 radical (unpaired) electrons. The molecule has 1 saturated carbocycles. The molecular formula is C25H26F3NO5. The molecule has 9 heteroatoms. The number of carbonyl (C=O) groups excluding carboxylic acids is 1. The molecule has 3 atom stereocenters. The van der Waals surface area contributed by atoms with E-state index in [0.29, 0.717) is 35.3 Å². The van der Waals surface area contributed by atoms with Gasteiger partial charge in [-0.15, -0.1) is 13.2 Å². The van der Waals surface area contributed by atoms with Crippen LogP contribution in [0.3, 0.4) is 0 Å². The number of amides is 1. The van der Waals surface area contributed by atoms with Crippen LogP contribution in [0.1, 0.15) is 55.9 Å². The van der Waals surface area contributed by atoms with Crippen LogP contribution in [0.2, 0.25) is 0 Å². The summed E-state index contributed by atoms with van der Waals surface area (Å²) in [4.78, 5) is 25.4. The third-order valence-corrected chi connectivity index (χ3v) is 6.40. The first-order chi connectivity index (χ1) is 15.9. The van der Waals surface area contributed by atoms with Gasteiger partial charge < -0.3 is 14.6 Å². The number of carboxylic acid groups (broad SMARTS) is 1. The van der Waals surface area contributed by atoms with E-state index in [1.807, 2.05) is 19.9 Å². The summed E-state index contributed by atoms with van der Waals surface area (Å²) in [7, 11) is 0. The molecule has 1 aliphatic heterocycles. The summed E-state index contributed by atoms with van der Waals surface area (Å²) in [6.45, 7) is 7.76. The Morgan fingerprint density at radius 3 is 2.50 bits per heavy atom. The number of benzene rings is 2. The lowest BCUT2D eigenvalue weighted by Crippen LogP contribution is -2.38. The van der Waals surface area contributed by atoms with E-state index in [0.717, 1.165) is 5.56 Å². The Morgan fingerprint density at radius 2 is 1.94 bits per heavy atom. The predicted molar refractivity (Wildman–Crippen MR) is 119 cm³/mol. The normalized spacial score (nSPS) is 21.8. The number of halogens is 3. The molecule has 0 saturated heterocycles. The van der Waals surface area contributed by atoms with E-state index in [4.69, 9.17) is 4.74 Å². The third kappa shape index (κ3) is 4.43. The van der Waals surface area contributed by atoms with Crippen LogP contribution in [0.4, 0.5) is 23.7 Å². The second-order valence-corrected chi connectivity index (χ2v) is 9.11. The quantitative estimate of drug-likeness (QED) is 0.519. The van der Waals surface area contributed by atoms with Gasteiger partial charge in [0.15, 0.2) is 0 Å². The summed E-state index contributed by atoms with van der Waals surface area (Å²) >= 11 is 0. The summed E-state index contributed by atoms with van der Waals surface area (Å²) < 4.78 is 49.5. The Kier molecular flexibility index (Phi) is 5.99. The van der Waals surface area contributed by atoms with Gasteiger partial charge in [0.2, 0.25) is 0 Å². The summed E-state index contributed by atoms with van der Waals surface area (Å²) in [5.41, 5.74) is 3.37. The number of aliphatic carboxylic acids is 1. The molecule has 0 bridgehead atoms. The standard InChI is InChI=1S/C25H26F3NO5/c1-5-29-20-11-15(13(4)8-19(20)22(12(2)3)33-24(29)32)17-9-14(16-10-18(16)23(30)31)6-7-21(17)34-25(26,27)28/h6-9,11-12,16,18,22H,5,10H2,1-4H3,(H,30,31)/t16?,18-,22?/m1/s1. The first-order valence-corrected chi connectivity index (χ1v) is 11.2. The van der Waals surface area contributed by atoms with Crippen LogP contribution in [-0.4, -0.2) is 30.1 Å². The average molecular weight is 477 g/mol. The number of carbonyl (C=O) groups is 2. The van der Waals surface area contributed by atoms with E-state index in [2.05, 4.69) is 4.74 Å². The molecule has 34 heavy (non-hydrogen) atoms. The number of rotatable bonds is 6. The zero-order valence-electron chi connectivity index (χ0n) is 19.3. The zero-order chi connectivity index (χ0) is 24.9. The summed E-state index contributed by atoms with van der Waals surface area (Å²) in [5.74, 6) is -2.12. The maximum atomic E-state index is 13.2. The lowest BCUT2D eigenvalue weighted by molar-refractivity contribution is -0.274. The highest BCUT2D eigenvalue weighted by Gasteiger charge is 2.44. The first kappa shape index (κ1) is 23.9. The number of hydrogen-bond acceptors (Lipinski definition) is 4. The largest absolute Gasteiger partial charge is 0.573 e. The maximum absolute atomic E-state index is 13.2. The monoisotopic (exact) mass is 477 g/mol. The Hall–Kier alpha value is -3.23. The molecule has 1 heterocycles. The lowest BCUT2D eigenvalue weighted by atomic mass is 9.89. The number of fused-ring (bicyclic) bond motifs is 1. The van der Waals surface area contributed by atoms with Crippen molar-refractivity contribution in [2.75, 3.05) is 11.4 Å². The van der Waals surface area contributed by atoms with Gasteiger partial charge in [0.25, 0.3) is 0 Å². The highest BCUT2D eigenvalue weighted by Crippen LogP contribution is 2.50. The fourth-order valence-electron chi connectivity index (χ4n) is 4.64. The van der Waals surface area contributed by atoms with Crippen LogP contribution in [0.5, 0.6) is 5.75 Å². The molecule has 2 unspecified atom stereocenters. The van der Waals surface area contributed by atoms with Gasteiger partial charge in [0.1, 0.15) is 11.9 Å². The zero-order valence-corrected chi connectivity index (χ0v) is 19.3. The molecule has 4 rings (SSSR count). The fourth-order valence-corrected chi connectivity index (χ4v) is 4.64. The number of ether oxygens (including phenoxy) is 2. The molecule has 6 nitrogen and oxygen atoms in total. The minimum absolute atomic E-state index is 0.00206. The van der Waals surface area contributed by atoms with Gasteiger partial charge in [0, 0.05) is 17.7 Å². The van der Waals surface area contributed by atoms with Gasteiger partial charge in [-0.1, -0.05) is 19.9 Å². The van der Waals surface area contributed by atoms with Crippen molar-refractivity contribution in [3.05, 3.63) is 47.0 Å². The topological polar surface area (TPSA) is 76.1 Å². The molecule has 1 amide bonds. The Bertz CT molecular complexity index is 1140. The van der Waals surface area contributed by atoms with Gasteiger partial charge in [-0.25, -0.2) is 4.79 Å². The number of anilines is 1. The van der Waals surface area contributed by atoms with Gasteiger partial charge in [0.05, 0.1) is 11.6 Å². The second kappa shape index (κ2) is 8.52. The molecular weight excluding hydrogens is 451 g/mol. The number of carboxylic acids is 1. The number of cyclic esters (lactones) is 1. The Labute approximate surface area is 195 Å². The molecule has 0 aromatic heterocycles. The van der Waals surface area contributed by atoms with E-state index in [9.17, 15) is 27.9 Å². The van der Waals surface area contributed by atoms with Crippen LogP contribution >= 0.6 is 0 Å². The van der Waals surface area contributed by atoms with Crippen molar-refractivity contribution in [1.29, 1.82) is 0 Å². The van der Waals surface area contributed by atoms with E-state index >= 15 is 0 Å². The number of aryl methyl sites for hydroxylation is 1. The molecule has 0 spiro atoms. The van der Waals surface area contributed by atoms with Gasteiger partial charge in [-0.05, 0) is 73.1 Å². The highest BCUT2D eigenvalue weighted by atomic mass is 19.4. The summed E-state index contributed by atoms with van der Waals surface area (Å²) in [5, 5.41) is 9.28. The van der Waals surface area contributed by atoms with Crippen molar-refractivity contribution in [3.8, 4) is 16.9 Å². The van der Waals surface area contributed by atoms with Crippen LogP contribution < -0.4 is 9.64 Å². The van der Waals surface area contributed by atoms with Crippen molar-refractivity contribution in [3.63, 3.8) is 0 Å². The van der Waals surface area contributed by atoms with Crippen molar-refractivity contribution in [1.82, 2.24) is 0 Å². The van der Waals surface area contributed by atoms with Crippen molar-refractivity contribution < 1.29 is 37.3 Å². The molecule has 182 valence electrons. The van der Waals surface area contributed by atoms with Crippen molar-refractivity contribution in [2.24, 2.45) is 11.8 Å². The van der Waals surface area contributed by atoms with Crippen molar-refractivity contribution in [2.45, 2.75) is 52.5 Å². The van der Waals surface area contributed by atoms with Crippen LogP contribution in [-0.2, 0) is 9.53 Å². The van der Waals surface area contributed by atoms with Gasteiger partial charge >= 0.3 is 18.4 Å². The average Bonchev–Trinajstić information content (AvgIpc) is 3.53. The lowest BCUT2D eigenvalue weighted by Gasteiger charge is -2.36. The minimum Gasteiger partial charge on any atom is -0.481 e. The maximum Gasteiger partial charge on any atom is 0.573 e. The van der Waals surface area contributed by atoms with E-state index in [-0.39, 0.29) is 23.1 Å².